The summed E-state index contributed by atoms with van der Waals surface area (Å²) in [5.41, 5.74) is 5.45. The predicted molar refractivity (Wildman–Crippen MR) is 207 cm³/mol. The average molecular weight is 788 g/mol. The molecule has 16 heteroatoms. The Kier molecular flexibility index (Phi) is 14.0. The number of hydrogen-bond acceptors (Lipinski definition) is 11. The molecule has 0 spiro atoms. The van der Waals surface area contributed by atoms with Crippen LogP contribution in [0.1, 0.15) is 75.1 Å². The van der Waals surface area contributed by atoms with Gasteiger partial charge >= 0.3 is 0 Å². The van der Waals surface area contributed by atoms with E-state index in [9.17, 15) is 28.8 Å². The van der Waals surface area contributed by atoms with Crippen LogP contribution in [0.2, 0.25) is 0 Å². The van der Waals surface area contributed by atoms with Gasteiger partial charge in [0.2, 0.25) is 17.7 Å². The number of carbonyl (C=O) groups excluding carboxylic acids is 5. The van der Waals surface area contributed by atoms with Crippen molar-refractivity contribution in [3.05, 3.63) is 80.3 Å². The number of methoxy groups -OCH3 is 2. The number of piperidine rings is 1. The van der Waals surface area contributed by atoms with Crippen LogP contribution in [-0.4, -0.2) is 114 Å². The molecule has 1 saturated heterocycles. The van der Waals surface area contributed by atoms with Crippen LogP contribution in [0, 0.1) is 0 Å². The molecule has 304 valence electrons. The van der Waals surface area contributed by atoms with Crippen LogP contribution in [0.4, 0.5) is 0 Å². The highest BCUT2D eigenvalue weighted by atomic mass is 16.5. The summed E-state index contributed by atoms with van der Waals surface area (Å²) in [4.78, 5) is 89.7. The van der Waals surface area contributed by atoms with Crippen molar-refractivity contribution in [1.82, 2.24) is 24.6 Å². The van der Waals surface area contributed by atoms with Crippen LogP contribution in [0.15, 0.2) is 41.3 Å². The number of pyridine rings is 1. The lowest BCUT2D eigenvalue weighted by Crippen LogP contribution is -2.54. The Bertz CT molecular complexity index is 2110. The first-order chi connectivity index (χ1) is 27.3. The lowest BCUT2D eigenvalue weighted by Gasteiger charge is -2.30. The minimum absolute atomic E-state index is 0.0345. The van der Waals surface area contributed by atoms with E-state index in [0.717, 1.165) is 38.5 Å². The molecule has 0 saturated carbocycles. The number of benzene rings is 2. The van der Waals surface area contributed by atoms with E-state index in [4.69, 9.17) is 24.1 Å². The van der Waals surface area contributed by atoms with Gasteiger partial charge in [0.05, 0.1) is 31.9 Å². The molecule has 0 aliphatic carbocycles. The Labute approximate surface area is 330 Å². The maximum Gasteiger partial charge on any atom is 0.290 e. The standard InChI is InChI=1S/C40H47N5O9.CH2O2/c1-42(2)21-25-19-34(53-5)28(20-33(25)52-4)30-22-43(3)38(49)31-23-44(15-14-26(30)31)36(47)9-7-17-54-16-6-8-24-10-11-27-29(18-24)40(51)45(39(27)50)32-12-13-35(46)41-37(32)48;2-1-3/h10-11,18-20,22,32H,6-9,12-17,21,23H2,1-5H3,(H,41,46,48);1H,(H,2,3). The predicted octanol–water partition coefficient (Wildman–Crippen LogP) is 2.55. The highest BCUT2D eigenvalue weighted by Gasteiger charge is 2.44. The van der Waals surface area contributed by atoms with Gasteiger partial charge in [0.25, 0.3) is 23.8 Å². The van der Waals surface area contributed by atoms with Gasteiger partial charge in [0.15, 0.2) is 0 Å². The molecule has 3 aliphatic rings. The van der Waals surface area contributed by atoms with Gasteiger partial charge in [-0.05, 0) is 81.6 Å². The summed E-state index contributed by atoms with van der Waals surface area (Å²) < 4.78 is 18.9. The molecule has 4 heterocycles. The number of hydrogen-bond donors (Lipinski definition) is 2. The number of carbonyl (C=O) groups is 6. The smallest absolute Gasteiger partial charge is 0.290 e. The van der Waals surface area contributed by atoms with Crippen molar-refractivity contribution in [2.24, 2.45) is 7.05 Å². The van der Waals surface area contributed by atoms with E-state index in [1.807, 2.05) is 32.4 Å². The van der Waals surface area contributed by atoms with Crippen molar-refractivity contribution in [3.8, 4) is 22.6 Å². The number of imide groups is 2. The van der Waals surface area contributed by atoms with Gasteiger partial charge in [-0.25, -0.2) is 0 Å². The van der Waals surface area contributed by atoms with E-state index >= 15 is 0 Å². The summed E-state index contributed by atoms with van der Waals surface area (Å²) in [6, 6.07) is 8.02. The normalized spacial score (nSPS) is 16.1. The molecule has 1 fully saturated rings. The quantitative estimate of drug-likeness (QED) is 0.138. The summed E-state index contributed by atoms with van der Waals surface area (Å²) in [5.74, 6) is -0.732. The lowest BCUT2D eigenvalue weighted by molar-refractivity contribution is -0.136. The Morgan fingerprint density at radius 1 is 0.912 bits per heavy atom. The fourth-order valence-electron chi connectivity index (χ4n) is 7.52. The number of fused-ring (bicyclic) bond motifs is 2. The lowest BCUT2D eigenvalue weighted by atomic mass is 9.91. The maximum absolute atomic E-state index is 13.4. The molecule has 1 atom stereocenters. The number of aromatic nitrogens is 1. The van der Waals surface area contributed by atoms with E-state index in [1.54, 1.807) is 48.9 Å². The van der Waals surface area contributed by atoms with Crippen LogP contribution in [0.25, 0.3) is 11.1 Å². The molecular weight excluding hydrogens is 738 g/mol. The SMILES string of the molecule is COc1cc(-c2cn(C)c(=O)c3c2CCN(C(=O)CCCOCCCc2ccc4c(c2)C(=O)N(C2CCC(=O)NC2=O)C4=O)C3)c(OC)cc1CN(C)C.O=CO. The second kappa shape index (κ2) is 18.8. The van der Waals surface area contributed by atoms with E-state index in [0.29, 0.717) is 69.7 Å². The van der Waals surface area contributed by atoms with Crippen LogP contribution in [-0.2, 0) is 56.9 Å². The zero-order valence-electron chi connectivity index (χ0n) is 32.9. The third-order valence-electron chi connectivity index (χ3n) is 10.2. The van der Waals surface area contributed by atoms with E-state index in [2.05, 4.69) is 10.2 Å². The van der Waals surface area contributed by atoms with Crippen molar-refractivity contribution < 1.29 is 48.1 Å². The van der Waals surface area contributed by atoms with Gasteiger partial charge < -0.3 is 33.7 Å². The number of nitrogens with zero attached hydrogens (tertiary/aromatic N) is 4. The number of ether oxygens (including phenoxy) is 3. The molecule has 1 aromatic heterocycles. The minimum Gasteiger partial charge on any atom is -0.496 e. The van der Waals surface area contributed by atoms with Gasteiger partial charge in [-0.3, -0.25) is 43.8 Å². The minimum atomic E-state index is -0.999. The number of carboxylic acid groups (broad SMARTS) is 1. The first-order valence-electron chi connectivity index (χ1n) is 18.7. The summed E-state index contributed by atoms with van der Waals surface area (Å²) in [5, 5.41) is 9.09. The monoisotopic (exact) mass is 787 g/mol. The topological polar surface area (TPSA) is 194 Å². The van der Waals surface area contributed by atoms with Gasteiger partial charge in [0.1, 0.15) is 17.5 Å². The highest BCUT2D eigenvalue weighted by molar-refractivity contribution is 6.23. The van der Waals surface area contributed by atoms with Crippen LogP contribution < -0.4 is 20.3 Å². The molecule has 2 aromatic carbocycles. The molecule has 3 aliphatic heterocycles. The van der Waals surface area contributed by atoms with Gasteiger partial charge in [0, 0.05) is 74.6 Å². The third-order valence-corrected chi connectivity index (χ3v) is 10.2. The van der Waals surface area contributed by atoms with Crippen LogP contribution in [0.5, 0.6) is 11.5 Å². The van der Waals surface area contributed by atoms with E-state index in [1.165, 1.54) is 0 Å². The van der Waals surface area contributed by atoms with Crippen molar-refractivity contribution >= 4 is 36.0 Å². The zero-order chi connectivity index (χ0) is 41.4. The molecule has 6 rings (SSSR count). The number of nitrogens with one attached hydrogen (secondary N) is 1. The Balaban J connectivity index is 0.00000200. The molecule has 57 heavy (non-hydrogen) atoms. The molecular formula is C41H49N5O11. The average Bonchev–Trinajstić information content (AvgIpc) is 3.43. The second-order valence-corrected chi connectivity index (χ2v) is 14.3. The zero-order valence-corrected chi connectivity index (χ0v) is 32.9. The molecule has 2 N–H and O–H groups in total. The van der Waals surface area contributed by atoms with Gasteiger partial charge in [-0.1, -0.05) is 6.07 Å². The van der Waals surface area contributed by atoms with Crippen molar-refractivity contribution in [2.45, 2.75) is 64.1 Å². The Morgan fingerprint density at radius 2 is 1.61 bits per heavy atom. The van der Waals surface area contributed by atoms with Crippen LogP contribution in [0.3, 0.4) is 0 Å². The first-order valence-corrected chi connectivity index (χ1v) is 18.7. The fourth-order valence-corrected chi connectivity index (χ4v) is 7.52. The molecule has 3 aromatic rings. The summed E-state index contributed by atoms with van der Waals surface area (Å²) in [7, 11) is 8.97. The second-order valence-electron chi connectivity index (χ2n) is 14.3. The van der Waals surface area contributed by atoms with Crippen molar-refractivity contribution in [3.63, 3.8) is 0 Å². The fraction of sp³-hybridized carbons (Fsp3) is 0.439. The summed E-state index contributed by atoms with van der Waals surface area (Å²) in [6.45, 7) is 1.98. The van der Waals surface area contributed by atoms with Gasteiger partial charge in [-0.2, -0.15) is 0 Å². The number of rotatable bonds is 14. The number of aryl methyl sites for hydroxylation is 2. The molecule has 0 radical (unpaired) electrons. The van der Waals surface area contributed by atoms with Crippen molar-refractivity contribution in [1.29, 1.82) is 0 Å². The largest absolute Gasteiger partial charge is 0.496 e. The van der Waals surface area contributed by atoms with Gasteiger partial charge in [-0.15, -0.1) is 0 Å². The van der Waals surface area contributed by atoms with Crippen LogP contribution >= 0.6 is 0 Å². The summed E-state index contributed by atoms with van der Waals surface area (Å²) >= 11 is 0. The highest BCUT2D eigenvalue weighted by Crippen LogP contribution is 2.39. The Hall–Kier alpha value is -5.87. The number of amides is 5. The molecule has 5 amide bonds. The summed E-state index contributed by atoms with van der Waals surface area (Å²) in [6.07, 6.45) is 4.63. The van der Waals surface area contributed by atoms with Crippen molar-refractivity contribution in [2.75, 3.05) is 48.1 Å². The van der Waals surface area contributed by atoms with E-state index in [-0.39, 0.29) is 48.5 Å². The van der Waals surface area contributed by atoms with E-state index < -0.39 is 29.7 Å². The molecule has 0 bridgehead atoms. The third kappa shape index (κ3) is 9.40. The molecule has 16 nitrogen and oxygen atoms in total. The first kappa shape index (κ1) is 42.3. The Morgan fingerprint density at radius 3 is 2.30 bits per heavy atom. The maximum atomic E-state index is 13.4. The molecule has 1 unspecified atom stereocenters.